The van der Waals surface area contributed by atoms with Gasteiger partial charge in [-0.3, -0.25) is 19.2 Å². The number of esters is 3. The van der Waals surface area contributed by atoms with Gasteiger partial charge in [0.15, 0.2) is 0 Å². The van der Waals surface area contributed by atoms with Crippen LogP contribution in [0.1, 0.15) is 85.5 Å². The van der Waals surface area contributed by atoms with Crippen LogP contribution in [0.5, 0.6) is 0 Å². The molecule has 9 nitrogen and oxygen atoms in total. The van der Waals surface area contributed by atoms with Gasteiger partial charge in [-0.15, -0.1) is 0 Å². The van der Waals surface area contributed by atoms with Gasteiger partial charge in [0.25, 0.3) is 5.24 Å². The van der Waals surface area contributed by atoms with E-state index in [1.165, 1.54) is 14.2 Å². The molecule has 11 heteroatoms. The summed E-state index contributed by atoms with van der Waals surface area (Å²) in [7, 11) is 2.69. The zero-order valence-corrected chi connectivity index (χ0v) is 23.2. The summed E-state index contributed by atoms with van der Waals surface area (Å²) in [6.45, 7) is 6.26. The standard InChI is InChI=1S/C12H18O4.C8H14O3.C3H3ClO2.CH4.HI/c1-9(2)11(14)16-12(6-4-5-7-12)8-10(13)15-3;1-11-7(9)6-8(10)4-2-3-5-8;1-2(5)3(4)6;;/h1,4-8H2,2-3H3;10H,2-6H2,1H3;1H3;1H4;1H/p-1. The zero-order chi connectivity index (χ0) is 25.7. The number of carbonyl (C=O) groups excluding carboxylic acids is 5. The first-order valence-corrected chi connectivity index (χ1v) is 11.1. The number of halogens is 2. The van der Waals surface area contributed by atoms with Crippen LogP contribution in [0.4, 0.5) is 0 Å². The molecule has 0 bridgehead atoms. The third kappa shape index (κ3) is 16.0. The fourth-order valence-electron chi connectivity index (χ4n) is 3.50. The van der Waals surface area contributed by atoms with Crippen molar-refractivity contribution in [3.05, 3.63) is 12.2 Å². The molecule has 0 aliphatic heterocycles. The number of aliphatic hydroxyl groups is 1. The van der Waals surface area contributed by atoms with Crippen molar-refractivity contribution >= 4 is 40.5 Å². The van der Waals surface area contributed by atoms with Crippen LogP contribution in [0, 0.1) is 0 Å². The SMILES string of the molecule is C.C=C(C)C(=O)OC1(CC(=O)OC)CCCC1.CC(=O)C(=O)Cl.COC(=O)CC1(O)CCCC1.[I-]. The Bertz CT molecular complexity index is 713. The van der Waals surface area contributed by atoms with E-state index in [2.05, 4.69) is 27.7 Å². The van der Waals surface area contributed by atoms with Crippen LogP contribution in [0.25, 0.3) is 0 Å². The number of carbonyl (C=O) groups is 5. The molecule has 0 amide bonds. The summed E-state index contributed by atoms with van der Waals surface area (Å²) in [6, 6.07) is 0. The van der Waals surface area contributed by atoms with Gasteiger partial charge in [-0.1, -0.05) is 26.8 Å². The number of ether oxygens (including phenoxy) is 3. The predicted molar refractivity (Wildman–Crippen MR) is 127 cm³/mol. The highest BCUT2D eigenvalue weighted by molar-refractivity contribution is 6.80. The summed E-state index contributed by atoms with van der Waals surface area (Å²) >= 11 is 4.62. The second-order valence-electron chi connectivity index (χ2n) is 8.33. The van der Waals surface area contributed by atoms with Gasteiger partial charge in [-0.05, 0) is 57.0 Å². The van der Waals surface area contributed by atoms with Crippen molar-refractivity contribution < 1.29 is 67.3 Å². The van der Waals surface area contributed by atoms with E-state index in [-0.39, 0.29) is 56.2 Å². The molecule has 2 aliphatic rings. The minimum atomic E-state index is -0.907. The minimum absolute atomic E-state index is 0. The Labute approximate surface area is 230 Å². The lowest BCUT2D eigenvalue weighted by Crippen LogP contribution is -3.00. The third-order valence-electron chi connectivity index (χ3n) is 5.38. The van der Waals surface area contributed by atoms with Crippen molar-refractivity contribution in [2.24, 2.45) is 0 Å². The first-order valence-electron chi connectivity index (χ1n) is 10.7. The first-order chi connectivity index (χ1) is 15.3. The maximum Gasteiger partial charge on any atom is 0.333 e. The lowest BCUT2D eigenvalue weighted by molar-refractivity contribution is -0.161. The molecule has 2 fully saturated rings. The normalized spacial score (nSPS) is 16.3. The van der Waals surface area contributed by atoms with Crippen LogP contribution in [0.3, 0.4) is 0 Å². The van der Waals surface area contributed by atoms with Gasteiger partial charge in [0.05, 0.1) is 32.7 Å². The summed E-state index contributed by atoms with van der Waals surface area (Å²) < 4.78 is 14.5. The van der Waals surface area contributed by atoms with Crippen LogP contribution in [0.15, 0.2) is 12.2 Å². The van der Waals surface area contributed by atoms with E-state index in [4.69, 9.17) is 4.74 Å². The highest BCUT2D eigenvalue weighted by Gasteiger charge is 2.40. The van der Waals surface area contributed by atoms with Crippen molar-refractivity contribution in [3.63, 3.8) is 0 Å². The molecule has 204 valence electrons. The fraction of sp³-hybridized carbons (Fsp3) is 0.708. The molecule has 2 aliphatic carbocycles. The minimum Gasteiger partial charge on any atom is -1.00 e. The molecule has 0 unspecified atom stereocenters. The molecular formula is C24H39ClIO9-. The van der Waals surface area contributed by atoms with Gasteiger partial charge in [0.1, 0.15) is 5.60 Å². The quantitative estimate of drug-likeness (QED) is 0.108. The smallest absolute Gasteiger partial charge is 0.333 e. The van der Waals surface area contributed by atoms with E-state index < -0.39 is 28.2 Å². The van der Waals surface area contributed by atoms with Crippen LogP contribution in [-0.2, 0) is 38.2 Å². The Morgan fingerprint density at radius 3 is 1.57 bits per heavy atom. The maximum absolute atomic E-state index is 11.5. The number of methoxy groups -OCH3 is 2. The zero-order valence-electron chi connectivity index (χ0n) is 20.2. The van der Waals surface area contributed by atoms with Crippen molar-refractivity contribution in [3.8, 4) is 0 Å². The first kappa shape index (κ1) is 38.0. The molecular weight excluding hydrogens is 595 g/mol. The lowest BCUT2D eigenvalue weighted by atomic mass is 9.97. The molecule has 0 aromatic carbocycles. The Hall–Kier alpha value is -1.53. The number of ketones is 1. The van der Waals surface area contributed by atoms with E-state index in [1.807, 2.05) is 0 Å². The van der Waals surface area contributed by atoms with Crippen molar-refractivity contribution in [1.29, 1.82) is 0 Å². The maximum atomic E-state index is 11.5. The fourth-order valence-corrected chi connectivity index (χ4v) is 3.50. The molecule has 35 heavy (non-hydrogen) atoms. The monoisotopic (exact) mass is 633 g/mol. The molecule has 0 aromatic rings. The Balaban J connectivity index is -0.000000471. The molecule has 2 rings (SSSR count). The van der Waals surface area contributed by atoms with Crippen LogP contribution < -0.4 is 24.0 Å². The molecule has 0 heterocycles. The molecule has 2 saturated carbocycles. The Kier molecular flexibility index (Phi) is 20.3. The van der Waals surface area contributed by atoms with Gasteiger partial charge in [-0.2, -0.15) is 0 Å². The molecule has 0 aromatic heterocycles. The van der Waals surface area contributed by atoms with E-state index in [0.717, 1.165) is 58.3 Å². The second kappa shape index (κ2) is 18.7. The molecule has 0 atom stereocenters. The van der Waals surface area contributed by atoms with E-state index in [9.17, 15) is 29.1 Å². The average Bonchev–Trinajstić information content (AvgIpc) is 3.37. The summed E-state index contributed by atoms with van der Waals surface area (Å²) in [5, 5.41) is 8.78. The number of hydrogen-bond acceptors (Lipinski definition) is 9. The summed E-state index contributed by atoms with van der Waals surface area (Å²) in [5.41, 5.74) is -1.06. The highest BCUT2D eigenvalue weighted by Crippen LogP contribution is 2.37. The van der Waals surface area contributed by atoms with Crippen LogP contribution >= 0.6 is 11.6 Å². The number of hydrogen-bond donors (Lipinski definition) is 1. The van der Waals surface area contributed by atoms with Crippen molar-refractivity contribution in [2.45, 2.75) is 96.7 Å². The van der Waals surface area contributed by atoms with Crippen LogP contribution in [-0.4, -0.2) is 59.5 Å². The van der Waals surface area contributed by atoms with Crippen molar-refractivity contribution in [1.82, 2.24) is 0 Å². The second-order valence-corrected chi connectivity index (χ2v) is 8.67. The highest BCUT2D eigenvalue weighted by atomic mass is 127. The Morgan fingerprint density at radius 1 is 0.857 bits per heavy atom. The summed E-state index contributed by atoms with van der Waals surface area (Å²) in [4.78, 5) is 52.8. The number of rotatable bonds is 7. The molecule has 1 N–H and O–H groups in total. The van der Waals surface area contributed by atoms with E-state index >= 15 is 0 Å². The topological polar surface area (TPSA) is 133 Å². The average molecular weight is 634 g/mol. The largest absolute Gasteiger partial charge is 1.00 e. The lowest BCUT2D eigenvalue weighted by Gasteiger charge is -2.27. The third-order valence-corrected chi connectivity index (χ3v) is 5.64. The van der Waals surface area contributed by atoms with E-state index in [1.54, 1.807) is 6.92 Å². The van der Waals surface area contributed by atoms with Gasteiger partial charge >= 0.3 is 17.9 Å². The van der Waals surface area contributed by atoms with Gasteiger partial charge in [0, 0.05) is 12.5 Å². The van der Waals surface area contributed by atoms with E-state index in [0.29, 0.717) is 5.57 Å². The molecule has 0 saturated heterocycles. The van der Waals surface area contributed by atoms with Gasteiger partial charge in [-0.25, -0.2) is 4.79 Å². The summed E-state index contributed by atoms with van der Waals surface area (Å²) in [5.74, 6) is -1.69. The van der Waals surface area contributed by atoms with Crippen LogP contribution in [0.2, 0.25) is 0 Å². The predicted octanol–water partition coefficient (Wildman–Crippen LogP) is 0.817. The molecule has 0 radical (unpaired) electrons. The van der Waals surface area contributed by atoms with Crippen molar-refractivity contribution in [2.75, 3.05) is 14.2 Å². The molecule has 0 spiro atoms. The number of Topliss-reactive ketones (excluding diaryl/α,β-unsaturated/α-hetero) is 1. The Morgan fingerprint density at radius 2 is 1.23 bits per heavy atom. The van der Waals surface area contributed by atoms with Gasteiger partial charge in [0.2, 0.25) is 5.78 Å². The van der Waals surface area contributed by atoms with Gasteiger partial charge < -0.3 is 43.3 Å². The summed E-state index contributed by atoms with van der Waals surface area (Å²) in [6.07, 6.45) is 7.21.